The normalized spacial score (nSPS) is 20.5. The van der Waals surface area contributed by atoms with Crippen LogP contribution in [0.2, 0.25) is 0 Å². The molecule has 0 spiro atoms. The number of hydrogen-bond donors (Lipinski definition) is 2. The summed E-state index contributed by atoms with van der Waals surface area (Å²) in [7, 11) is 0. The van der Waals surface area contributed by atoms with E-state index >= 15 is 0 Å². The van der Waals surface area contributed by atoms with E-state index in [1.165, 1.54) is 32.5 Å². The Kier molecular flexibility index (Phi) is 4.50. The van der Waals surface area contributed by atoms with Crippen LogP contribution in [0.15, 0.2) is 0 Å². The lowest BCUT2D eigenvalue weighted by Gasteiger charge is -2.23. The highest BCUT2D eigenvalue weighted by Gasteiger charge is 2.12. The van der Waals surface area contributed by atoms with E-state index < -0.39 is 0 Å². The molecule has 1 aliphatic heterocycles. The maximum Gasteiger partial charge on any atom is 0.101 e. The van der Waals surface area contributed by atoms with Crippen molar-refractivity contribution in [2.75, 3.05) is 39.4 Å². The first-order chi connectivity index (χ1) is 5.43. The van der Waals surface area contributed by atoms with Crippen molar-refractivity contribution in [3.63, 3.8) is 0 Å². The van der Waals surface area contributed by atoms with Crippen molar-refractivity contribution < 1.29 is 15.4 Å². The Morgan fingerprint density at radius 3 is 2.55 bits per heavy atom. The zero-order valence-corrected chi connectivity index (χ0v) is 7.27. The lowest BCUT2D eigenvalue weighted by Crippen LogP contribution is -3.14. The molecule has 0 unspecified atom stereocenters. The molecule has 0 aliphatic carbocycles. The minimum atomic E-state index is 0.958. The summed E-state index contributed by atoms with van der Waals surface area (Å²) in [6.07, 6.45) is 2.61. The molecule has 0 aromatic carbocycles. The minimum Gasteiger partial charge on any atom is -0.370 e. The van der Waals surface area contributed by atoms with Gasteiger partial charge >= 0.3 is 0 Å². The van der Waals surface area contributed by atoms with Gasteiger partial charge in [-0.05, 0) is 0 Å². The monoisotopic (exact) mass is 160 g/mol. The molecule has 1 fully saturated rings. The maximum absolute atomic E-state index is 5.27. The molecule has 3 heteroatoms. The van der Waals surface area contributed by atoms with E-state index in [1.807, 2.05) is 0 Å². The molecule has 0 radical (unpaired) electrons. The summed E-state index contributed by atoms with van der Waals surface area (Å²) in [5, 5.41) is 0. The highest BCUT2D eigenvalue weighted by Crippen LogP contribution is 1.81. The van der Waals surface area contributed by atoms with Crippen LogP contribution in [0.1, 0.15) is 12.8 Å². The van der Waals surface area contributed by atoms with Crippen LogP contribution in [0.3, 0.4) is 0 Å². The zero-order valence-electron chi connectivity index (χ0n) is 7.27. The number of quaternary nitrogens is 2. The van der Waals surface area contributed by atoms with Gasteiger partial charge in [-0.3, -0.25) is 0 Å². The van der Waals surface area contributed by atoms with Crippen LogP contribution < -0.4 is 10.6 Å². The van der Waals surface area contributed by atoms with E-state index in [0.717, 1.165) is 19.8 Å². The van der Waals surface area contributed by atoms with E-state index in [-0.39, 0.29) is 0 Å². The van der Waals surface area contributed by atoms with Crippen molar-refractivity contribution in [1.82, 2.24) is 0 Å². The SMILES string of the molecule is [NH3+]CCCC[NH+]1CCOCC1. The number of ether oxygens (including phenoxy) is 1. The van der Waals surface area contributed by atoms with Gasteiger partial charge in [-0.1, -0.05) is 0 Å². The van der Waals surface area contributed by atoms with Gasteiger partial charge in [0.2, 0.25) is 0 Å². The van der Waals surface area contributed by atoms with Gasteiger partial charge in [0.15, 0.2) is 0 Å². The molecule has 0 saturated carbocycles. The average molecular weight is 160 g/mol. The Morgan fingerprint density at radius 1 is 1.18 bits per heavy atom. The number of nitrogens with one attached hydrogen (secondary N) is 1. The Bertz CT molecular complexity index is 92.1. The molecule has 1 saturated heterocycles. The number of hydrogen-bond acceptors (Lipinski definition) is 1. The molecule has 1 rings (SSSR count). The summed E-state index contributed by atoms with van der Waals surface area (Å²) in [6, 6.07) is 0. The molecule has 1 heterocycles. The molecule has 3 nitrogen and oxygen atoms in total. The molecule has 4 N–H and O–H groups in total. The molecule has 0 atom stereocenters. The maximum atomic E-state index is 5.27. The number of rotatable bonds is 4. The molecule has 66 valence electrons. The molecule has 0 aromatic rings. The van der Waals surface area contributed by atoms with Crippen LogP contribution in [0.25, 0.3) is 0 Å². The van der Waals surface area contributed by atoms with Crippen molar-refractivity contribution in [3.05, 3.63) is 0 Å². The Hall–Kier alpha value is -0.120. The standard InChI is InChI=1S/C8H18N2O/c9-3-1-2-4-10-5-7-11-8-6-10/h1-9H2/p+2. The molecule has 1 aliphatic rings. The van der Waals surface area contributed by atoms with Gasteiger partial charge in [-0.15, -0.1) is 0 Å². The minimum absolute atomic E-state index is 0.958. The summed E-state index contributed by atoms with van der Waals surface area (Å²) >= 11 is 0. The van der Waals surface area contributed by atoms with Crippen molar-refractivity contribution >= 4 is 0 Å². The average Bonchev–Trinajstić information content (AvgIpc) is 2.07. The smallest absolute Gasteiger partial charge is 0.101 e. The molecular weight excluding hydrogens is 140 g/mol. The van der Waals surface area contributed by atoms with Crippen LogP contribution in [0.4, 0.5) is 0 Å². The van der Waals surface area contributed by atoms with E-state index in [9.17, 15) is 0 Å². The third kappa shape index (κ3) is 3.70. The Morgan fingerprint density at radius 2 is 1.91 bits per heavy atom. The predicted molar refractivity (Wildman–Crippen MR) is 43.4 cm³/mol. The molecule has 0 bridgehead atoms. The predicted octanol–water partition coefficient (Wildman–Crippen LogP) is -2.08. The van der Waals surface area contributed by atoms with Gasteiger partial charge in [0.25, 0.3) is 0 Å². The summed E-state index contributed by atoms with van der Waals surface area (Å²) in [6.45, 7) is 6.73. The largest absolute Gasteiger partial charge is 0.370 e. The summed E-state index contributed by atoms with van der Waals surface area (Å²) in [5.74, 6) is 0. The van der Waals surface area contributed by atoms with Gasteiger partial charge < -0.3 is 15.4 Å². The first-order valence-electron chi connectivity index (χ1n) is 4.64. The van der Waals surface area contributed by atoms with E-state index in [0.29, 0.717) is 0 Å². The summed E-state index contributed by atoms with van der Waals surface area (Å²) < 4.78 is 5.27. The summed E-state index contributed by atoms with van der Waals surface area (Å²) in [4.78, 5) is 1.71. The van der Waals surface area contributed by atoms with Crippen LogP contribution >= 0.6 is 0 Å². The fourth-order valence-electron chi connectivity index (χ4n) is 1.46. The van der Waals surface area contributed by atoms with Gasteiger partial charge in [0.05, 0.1) is 26.3 Å². The van der Waals surface area contributed by atoms with Gasteiger partial charge in [0.1, 0.15) is 13.1 Å². The van der Waals surface area contributed by atoms with Gasteiger partial charge in [-0.25, -0.2) is 0 Å². The van der Waals surface area contributed by atoms with Crippen molar-refractivity contribution in [1.29, 1.82) is 0 Å². The highest BCUT2D eigenvalue weighted by molar-refractivity contribution is 4.40. The van der Waals surface area contributed by atoms with Crippen LogP contribution in [-0.2, 0) is 4.74 Å². The van der Waals surface area contributed by atoms with Crippen molar-refractivity contribution in [3.8, 4) is 0 Å². The third-order valence-corrected chi connectivity index (χ3v) is 2.23. The Labute approximate surface area is 68.5 Å². The molecule has 0 aromatic heterocycles. The van der Waals surface area contributed by atoms with Crippen molar-refractivity contribution in [2.24, 2.45) is 0 Å². The fraction of sp³-hybridized carbons (Fsp3) is 1.00. The number of morpholine rings is 1. The summed E-state index contributed by atoms with van der Waals surface area (Å²) in [5.41, 5.74) is 3.83. The molecular formula is C8H20N2O+2. The molecule has 0 amide bonds. The van der Waals surface area contributed by atoms with E-state index in [1.54, 1.807) is 4.90 Å². The zero-order chi connectivity index (χ0) is 7.94. The van der Waals surface area contributed by atoms with Crippen molar-refractivity contribution in [2.45, 2.75) is 12.8 Å². The quantitative estimate of drug-likeness (QED) is 0.456. The lowest BCUT2D eigenvalue weighted by molar-refractivity contribution is -0.908. The molecule has 11 heavy (non-hydrogen) atoms. The second-order valence-electron chi connectivity index (χ2n) is 3.17. The lowest BCUT2D eigenvalue weighted by atomic mass is 10.3. The number of unbranched alkanes of at least 4 members (excludes halogenated alkanes) is 1. The van der Waals surface area contributed by atoms with E-state index in [4.69, 9.17) is 4.74 Å². The van der Waals surface area contributed by atoms with Gasteiger partial charge in [-0.2, -0.15) is 0 Å². The Balaban J connectivity index is 1.96. The first-order valence-corrected chi connectivity index (χ1v) is 4.64. The van der Waals surface area contributed by atoms with Crippen LogP contribution in [0.5, 0.6) is 0 Å². The van der Waals surface area contributed by atoms with Crippen LogP contribution in [-0.4, -0.2) is 39.4 Å². The topological polar surface area (TPSA) is 41.3 Å². The second-order valence-corrected chi connectivity index (χ2v) is 3.17. The van der Waals surface area contributed by atoms with Gasteiger partial charge in [0, 0.05) is 12.8 Å². The highest BCUT2D eigenvalue weighted by atomic mass is 16.5. The van der Waals surface area contributed by atoms with E-state index in [2.05, 4.69) is 5.73 Å². The first kappa shape index (κ1) is 8.97. The third-order valence-electron chi connectivity index (χ3n) is 2.23. The second kappa shape index (κ2) is 5.52. The van der Waals surface area contributed by atoms with Crippen LogP contribution in [0, 0.1) is 0 Å². The fourth-order valence-corrected chi connectivity index (χ4v) is 1.46.